The van der Waals surface area contributed by atoms with Crippen LogP contribution >= 0.6 is 15.9 Å². The highest BCUT2D eigenvalue weighted by Crippen LogP contribution is 2.24. The highest BCUT2D eigenvalue weighted by atomic mass is 79.9. The van der Waals surface area contributed by atoms with Crippen LogP contribution in [0.4, 0.5) is 10.1 Å². The molecule has 1 N–H and O–H groups in total. The quantitative estimate of drug-likeness (QED) is 0.899. The van der Waals surface area contributed by atoms with Crippen LogP contribution in [0, 0.1) is 24.1 Å². The van der Waals surface area contributed by atoms with Gasteiger partial charge in [0.15, 0.2) is 0 Å². The van der Waals surface area contributed by atoms with E-state index in [0.717, 1.165) is 21.3 Å². The van der Waals surface area contributed by atoms with Crippen LogP contribution in [0.3, 0.4) is 0 Å². The molecule has 1 unspecified atom stereocenters. The first-order chi connectivity index (χ1) is 9.10. The van der Waals surface area contributed by atoms with Crippen LogP contribution in [-0.4, -0.2) is 0 Å². The fourth-order valence-electron chi connectivity index (χ4n) is 1.89. The van der Waals surface area contributed by atoms with Gasteiger partial charge in [0.1, 0.15) is 11.9 Å². The van der Waals surface area contributed by atoms with E-state index in [4.69, 9.17) is 0 Å². The fourth-order valence-corrected chi connectivity index (χ4v) is 2.29. The summed E-state index contributed by atoms with van der Waals surface area (Å²) in [7, 11) is 0. The highest BCUT2D eigenvalue weighted by molar-refractivity contribution is 9.10. The summed E-state index contributed by atoms with van der Waals surface area (Å²) in [4.78, 5) is 0. The van der Waals surface area contributed by atoms with Crippen LogP contribution in [-0.2, 0) is 0 Å². The molecule has 0 aliphatic heterocycles. The third-order valence-corrected chi connectivity index (χ3v) is 3.30. The van der Waals surface area contributed by atoms with Crippen molar-refractivity contribution in [1.82, 2.24) is 0 Å². The molecule has 0 fully saturated rings. The summed E-state index contributed by atoms with van der Waals surface area (Å²) >= 11 is 3.38. The molecule has 1 atom stereocenters. The lowest BCUT2D eigenvalue weighted by Crippen LogP contribution is -2.10. The van der Waals surface area contributed by atoms with Crippen molar-refractivity contribution in [3.63, 3.8) is 0 Å². The van der Waals surface area contributed by atoms with Gasteiger partial charge in [0.05, 0.1) is 6.07 Å². The molecule has 0 aromatic heterocycles. The van der Waals surface area contributed by atoms with Gasteiger partial charge >= 0.3 is 0 Å². The Kier molecular flexibility index (Phi) is 4.18. The zero-order valence-corrected chi connectivity index (χ0v) is 11.9. The minimum absolute atomic E-state index is 0.291. The average molecular weight is 319 g/mol. The zero-order valence-electron chi connectivity index (χ0n) is 10.3. The first kappa shape index (κ1) is 13.6. The largest absolute Gasteiger partial charge is 0.366 e. The van der Waals surface area contributed by atoms with Gasteiger partial charge in [0.2, 0.25) is 0 Å². The van der Waals surface area contributed by atoms with Crippen LogP contribution in [0.2, 0.25) is 0 Å². The second-order valence-electron chi connectivity index (χ2n) is 4.22. The summed E-state index contributed by atoms with van der Waals surface area (Å²) in [5.74, 6) is -0.291. The van der Waals surface area contributed by atoms with E-state index in [1.165, 1.54) is 12.1 Å². The number of hydrogen-bond donors (Lipinski definition) is 1. The Bertz CT molecular complexity index is 634. The SMILES string of the molecule is Cc1cc(F)ccc1C(C#N)Nc1cccc(Br)c1. The molecule has 96 valence electrons. The van der Waals surface area contributed by atoms with E-state index < -0.39 is 6.04 Å². The van der Waals surface area contributed by atoms with E-state index in [9.17, 15) is 9.65 Å². The van der Waals surface area contributed by atoms with Crippen molar-refractivity contribution in [2.45, 2.75) is 13.0 Å². The third kappa shape index (κ3) is 3.33. The molecule has 0 amide bonds. The predicted octanol–water partition coefficient (Wildman–Crippen LogP) is 4.57. The number of benzene rings is 2. The number of aryl methyl sites for hydroxylation is 1. The Balaban J connectivity index is 2.28. The molecular weight excluding hydrogens is 307 g/mol. The molecule has 4 heteroatoms. The van der Waals surface area contributed by atoms with Gasteiger partial charge in [-0.15, -0.1) is 0 Å². The molecule has 2 nitrogen and oxygen atoms in total. The zero-order chi connectivity index (χ0) is 13.8. The summed E-state index contributed by atoms with van der Waals surface area (Å²) in [5, 5.41) is 12.4. The molecule has 0 bridgehead atoms. The molecule has 0 aliphatic rings. The lowest BCUT2D eigenvalue weighted by Gasteiger charge is -2.15. The van der Waals surface area contributed by atoms with Crippen LogP contribution in [0.5, 0.6) is 0 Å². The fraction of sp³-hybridized carbons (Fsp3) is 0.133. The van der Waals surface area contributed by atoms with Crippen molar-refractivity contribution in [2.75, 3.05) is 5.32 Å². The third-order valence-electron chi connectivity index (χ3n) is 2.81. The average Bonchev–Trinajstić information content (AvgIpc) is 2.37. The van der Waals surface area contributed by atoms with Crippen LogP contribution in [0.15, 0.2) is 46.9 Å². The van der Waals surface area contributed by atoms with Crippen LogP contribution < -0.4 is 5.32 Å². The van der Waals surface area contributed by atoms with Crippen LogP contribution in [0.1, 0.15) is 17.2 Å². The number of anilines is 1. The van der Waals surface area contributed by atoms with E-state index in [-0.39, 0.29) is 5.82 Å². The van der Waals surface area contributed by atoms with Crippen molar-refractivity contribution in [1.29, 1.82) is 5.26 Å². The lowest BCUT2D eigenvalue weighted by atomic mass is 10.0. The molecule has 2 aromatic rings. The number of rotatable bonds is 3. The molecule has 19 heavy (non-hydrogen) atoms. The van der Waals surface area contributed by atoms with Gasteiger partial charge in [0, 0.05) is 10.2 Å². The first-order valence-electron chi connectivity index (χ1n) is 5.78. The number of halogens is 2. The van der Waals surface area contributed by atoms with Gasteiger partial charge in [-0.2, -0.15) is 5.26 Å². The van der Waals surface area contributed by atoms with Gasteiger partial charge in [0.25, 0.3) is 0 Å². The normalized spacial score (nSPS) is 11.7. The first-order valence-corrected chi connectivity index (χ1v) is 6.57. The maximum absolute atomic E-state index is 13.1. The van der Waals surface area contributed by atoms with Crippen molar-refractivity contribution >= 4 is 21.6 Å². The van der Waals surface area contributed by atoms with E-state index in [1.807, 2.05) is 24.3 Å². The smallest absolute Gasteiger partial charge is 0.140 e. The Labute approximate surface area is 120 Å². The topological polar surface area (TPSA) is 35.8 Å². The standard InChI is InChI=1S/C15H12BrFN2/c1-10-7-12(17)5-6-14(10)15(9-18)19-13-4-2-3-11(16)8-13/h2-8,15,19H,1H3. The molecule has 2 rings (SSSR count). The molecule has 2 aromatic carbocycles. The number of nitriles is 1. The minimum Gasteiger partial charge on any atom is -0.366 e. The predicted molar refractivity (Wildman–Crippen MR) is 77.3 cm³/mol. The molecule has 0 radical (unpaired) electrons. The molecular formula is C15H12BrFN2. The number of nitrogens with zero attached hydrogens (tertiary/aromatic N) is 1. The Morgan fingerprint density at radius 1 is 1.26 bits per heavy atom. The summed E-state index contributed by atoms with van der Waals surface area (Å²) in [6.07, 6.45) is 0. The molecule has 0 saturated heterocycles. The van der Waals surface area contributed by atoms with E-state index in [2.05, 4.69) is 27.3 Å². The van der Waals surface area contributed by atoms with Gasteiger partial charge in [-0.25, -0.2) is 4.39 Å². The highest BCUT2D eigenvalue weighted by Gasteiger charge is 2.13. The molecule has 0 spiro atoms. The minimum atomic E-state index is -0.505. The monoisotopic (exact) mass is 318 g/mol. The summed E-state index contributed by atoms with van der Waals surface area (Å²) in [5.41, 5.74) is 2.38. The molecule has 0 aliphatic carbocycles. The maximum atomic E-state index is 13.1. The van der Waals surface area contributed by atoms with Gasteiger partial charge < -0.3 is 5.32 Å². The molecule has 0 saturated carbocycles. The van der Waals surface area contributed by atoms with E-state index >= 15 is 0 Å². The van der Waals surface area contributed by atoms with Crippen LogP contribution in [0.25, 0.3) is 0 Å². The van der Waals surface area contributed by atoms with Crippen molar-refractivity contribution in [2.24, 2.45) is 0 Å². The second kappa shape index (κ2) is 5.85. The van der Waals surface area contributed by atoms with Crippen molar-refractivity contribution < 1.29 is 4.39 Å². The van der Waals surface area contributed by atoms with E-state index in [0.29, 0.717) is 0 Å². The maximum Gasteiger partial charge on any atom is 0.140 e. The summed E-state index contributed by atoms with van der Waals surface area (Å²) < 4.78 is 14.0. The molecule has 0 heterocycles. The van der Waals surface area contributed by atoms with Crippen molar-refractivity contribution in [3.05, 3.63) is 63.9 Å². The second-order valence-corrected chi connectivity index (χ2v) is 5.13. The number of hydrogen-bond acceptors (Lipinski definition) is 2. The summed E-state index contributed by atoms with van der Waals surface area (Å²) in [6.45, 7) is 1.80. The Morgan fingerprint density at radius 2 is 2.05 bits per heavy atom. The Morgan fingerprint density at radius 3 is 2.68 bits per heavy atom. The van der Waals surface area contributed by atoms with Crippen molar-refractivity contribution in [3.8, 4) is 6.07 Å². The van der Waals surface area contributed by atoms with Gasteiger partial charge in [-0.1, -0.05) is 28.1 Å². The lowest BCUT2D eigenvalue weighted by molar-refractivity contribution is 0.625. The van der Waals surface area contributed by atoms with E-state index in [1.54, 1.807) is 13.0 Å². The Hall–Kier alpha value is -1.86. The van der Waals surface area contributed by atoms with Gasteiger partial charge in [-0.3, -0.25) is 0 Å². The number of nitrogens with one attached hydrogen (secondary N) is 1. The van der Waals surface area contributed by atoms with Gasteiger partial charge in [-0.05, 0) is 48.4 Å². The summed E-state index contributed by atoms with van der Waals surface area (Å²) in [6, 6.07) is 13.7.